The summed E-state index contributed by atoms with van der Waals surface area (Å²) >= 11 is 1.85. The van der Waals surface area contributed by atoms with Crippen LogP contribution in [-0.2, 0) is 16.0 Å². The van der Waals surface area contributed by atoms with Gasteiger partial charge >= 0.3 is 0 Å². The summed E-state index contributed by atoms with van der Waals surface area (Å²) in [5.41, 5.74) is 0.177. The van der Waals surface area contributed by atoms with Crippen LogP contribution in [0.3, 0.4) is 0 Å². The third-order valence-corrected chi connectivity index (χ3v) is 5.51. The summed E-state index contributed by atoms with van der Waals surface area (Å²) < 4.78 is 11.9. The minimum Gasteiger partial charge on any atom is -0.377 e. The highest BCUT2D eigenvalue weighted by molar-refractivity contribution is 7.09. The smallest absolute Gasteiger partial charge is 0.0677 e. The van der Waals surface area contributed by atoms with Gasteiger partial charge < -0.3 is 9.47 Å². The number of likely N-dealkylation sites (tertiary alicyclic amines) is 1. The first-order valence-electron chi connectivity index (χ1n) is 7.87. The van der Waals surface area contributed by atoms with Crippen LogP contribution in [0, 0.1) is 5.41 Å². The molecule has 3 heterocycles. The van der Waals surface area contributed by atoms with Crippen LogP contribution in [0.1, 0.15) is 24.1 Å². The van der Waals surface area contributed by atoms with Gasteiger partial charge in [0.25, 0.3) is 0 Å². The minimum absolute atomic E-state index is 0.177. The maximum Gasteiger partial charge on any atom is 0.0677 e. The summed E-state index contributed by atoms with van der Waals surface area (Å²) in [7, 11) is 0. The van der Waals surface area contributed by atoms with Crippen molar-refractivity contribution in [2.24, 2.45) is 5.41 Å². The number of hydrogen-bond acceptors (Lipinski definition) is 4. The predicted octanol–water partition coefficient (Wildman–Crippen LogP) is 3.32. The molecule has 0 amide bonds. The van der Waals surface area contributed by atoms with E-state index in [1.54, 1.807) is 0 Å². The highest BCUT2D eigenvalue weighted by Gasteiger charge is 2.46. The molecule has 1 aromatic rings. The number of ether oxygens (including phenoxy) is 2. The lowest BCUT2D eigenvalue weighted by atomic mass is 9.73. The topological polar surface area (TPSA) is 21.7 Å². The Morgan fingerprint density at radius 3 is 3.33 bits per heavy atom. The van der Waals surface area contributed by atoms with Crippen molar-refractivity contribution >= 4 is 11.3 Å². The van der Waals surface area contributed by atoms with Crippen LogP contribution in [-0.4, -0.2) is 43.9 Å². The van der Waals surface area contributed by atoms with E-state index in [2.05, 4.69) is 29.0 Å². The largest absolute Gasteiger partial charge is 0.377 e. The molecule has 2 aliphatic heterocycles. The third kappa shape index (κ3) is 3.57. The molecule has 2 fully saturated rings. The summed E-state index contributed by atoms with van der Waals surface area (Å²) in [6.45, 7) is 9.38. The molecule has 3 rings (SSSR count). The molecule has 2 atom stereocenters. The Morgan fingerprint density at radius 2 is 2.52 bits per heavy atom. The summed E-state index contributed by atoms with van der Waals surface area (Å²) in [5, 5.41) is 2.16. The lowest BCUT2D eigenvalue weighted by Gasteiger charge is -2.50. The molecule has 2 aliphatic rings. The van der Waals surface area contributed by atoms with Gasteiger partial charge in [-0.05, 0) is 30.7 Å². The van der Waals surface area contributed by atoms with Crippen molar-refractivity contribution in [1.29, 1.82) is 0 Å². The average molecular weight is 307 g/mol. The van der Waals surface area contributed by atoms with E-state index in [9.17, 15) is 0 Å². The van der Waals surface area contributed by atoms with E-state index in [0.29, 0.717) is 12.7 Å². The Kier molecular flexibility index (Phi) is 5.11. The molecule has 0 aliphatic carbocycles. The Labute approximate surface area is 131 Å². The number of piperidine rings is 1. The van der Waals surface area contributed by atoms with E-state index >= 15 is 0 Å². The van der Waals surface area contributed by atoms with E-state index in [4.69, 9.17) is 9.47 Å². The van der Waals surface area contributed by atoms with Crippen molar-refractivity contribution in [3.63, 3.8) is 0 Å². The SMILES string of the molecule is C=CCOC[C@]12CCCO[C@H]1CCN(Cc1cccs1)C2. The van der Waals surface area contributed by atoms with Crippen molar-refractivity contribution in [3.8, 4) is 0 Å². The second-order valence-electron chi connectivity index (χ2n) is 6.21. The van der Waals surface area contributed by atoms with Crippen molar-refractivity contribution < 1.29 is 9.47 Å². The zero-order chi connectivity index (χ0) is 14.5. The van der Waals surface area contributed by atoms with Gasteiger partial charge in [0.15, 0.2) is 0 Å². The lowest BCUT2D eigenvalue weighted by molar-refractivity contribution is -0.151. The monoisotopic (exact) mass is 307 g/mol. The molecule has 116 valence electrons. The van der Waals surface area contributed by atoms with E-state index in [-0.39, 0.29) is 5.41 Å². The van der Waals surface area contributed by atoms with E-state index < -0.39 is 0 Å². The van der Waals surface area contributed by atoms with Gasteiger partial charge in [-0.25, -0.2) is 0 Å². The first-order valence-corrected chi connectivity index (χ1v) is 8.75. The van der Waals surface area contributed by atoms with Crippen LogP contribution in [0.4, 0.5) is 0 Å². The first kappa shape index (κ1) is 15.2. The molecule has 0 saturated carbocycles. The van der Waals surface area contributed by atoms with E-state index in [1.165, 1.54) is 11.3 Å². The number of rotatable bonds is 6. The molecule has 21 heavy (non-hydrogen) atoms. The van der Waals surface area contributed by atoms with Crippen LogP contribution >= 0.6 is 11.3 Å². The molecule has 0 N–H and O–H groups in total. The molecule has 3 nitrogen and oxygen atoms in total. The fraction of sp³-hybridized carbons (Fsp3) is 0.647. The second-order valence-corrected chi connectivity index (χ2v) is 7.24. The Morgan fingerprint density at radius 1 is 1.57 bits per heavy atom. The fourth-order valence-electron chi connectivity index (χ4n) is 3.70. The van der Waals surface area contributed by atoms with Gasteiger partial charge in [-0.1, -0.05) is 12.1 Å². The van der Waals surface area contributed by atoms with Crippen LogP contribution in [0.5, 0.6) is 0 Å². The molecule has 0 aromatic carbocycles. The van der Waals surface area contributed by atoms with Crippen molar-refractivity contribution in [2.75, 3.05) is 32.9 Å². The second kappa shape index (κ2) is 7.05. The molecule has 0 radical (unpaired) electrons. The van der Waals surface area contributed by atoms with Gasteiger partial charge in [-0.3, -0.25) is 4.90 Å². The van der Waals surface area contributed by atoms with Crippen molar-refractivity contribution in [2.45, 2.75) is 31.9 Å². The molecule has 2 saturated heterocycles. The molecule has 4 heteroatoms. The molecular weight excluding hydrogens is 282 g/mol. The highest BCUT2D eigenvalue weighted by atomic mass is 32.1. The van der Waals surface area contributed by atoms with E-state index in [1.807, 2.05) is 17.4 Å². The zero-order valence-corrected chi connectivity index (χ0v) is 13.4. The minimum atomic E-state index is 0.177. The molecule has 0 spiro atoms. The van der Waals surface area contributed by atoms with Gasteiger partial charge in [0.05, 0.1) is 19.3 Å². The molecular formula is C17H25NO2S. The molecule has 0 unspecified atom stereocenters. The zero-order valence-electron chi connectivity index (χ0n) is 12.6. The predicted molar refractivity (Wildman–Crippen MR) is 86.6 cm³/mol. The Hall–Kier alpha value is -0.680. The van der Waals surface area contributed by atoms with Gasteiger partial charge in [0.1, 0.15) is 0 Å². The number of hydrogen-bond donors (Lipinski definition) is 0. The van der Waals surface area contributed by atoms with Gasteiger partial charge in [0, 0.05) is 36.5 Å². The standard InChI is InChI=1S/C17H25NO2S/c1-2-9-19-14-17-7-4-10-20-16(17)6-8-18(13-17)12-15-5-3-11-21-15/h2-3,5,11,16H,1,4,6-10,12-14H2/t16-,17+/m0/s1. The van der Waals surface area contributed by atoms with Crippen molar-refractivity contribution in [3.05, 3.63) is 35.0 Å². The molecule has 0 bridgehead atoms. The fourth-order valence-corrected chi connectivity index (χ4v) is 4.44. The third-order valence-electron chi connectivity index (χ3n) is 4.65. The van der Waals surface area contributed by atoms with Crippen LogP contribution in [0.15, 0.2) is 30.2 Å². The Balaban J connectivity index is 1.66. The maximum absolute atomic E-state index is 6.07. The van der Waals surface area contributed by atoms with Crippen LogP contribution < -0.4 is 0 Å². The highest BCUT2D eigenvalue weighted by Crippen LogP contribution is 2.40. The maximum atomic E-state index is 6.07. The van der Waals surface area contributed by atoms with Gasteiger partial charge in [-0.15, -0.1) is 17.9 Å². The first-order chi connectivity index (χ1) is 10.3. The average Bonchev–Trinajstić information content (AvgIpc) is 3.00. The normalized spacial score (nSPS) is 30.0. The van der Waals surface area contributed by atoms with Crippen molar-refractivity contribution in [1.82, 2.24) is 4.90 Å². The summed E-state index contributed by atoms with van der Waals surface area (Å²) in [6, 6.07) is 4.37. The quantitative estimate of drug-likeness (QED) is 0.594. The van der Waals surface area contributed by atoms with E-state index in [0.717, 1.165) is 45.7 Å². The van der Waals surface area contributed by atoms with Gasteiger partial charge in [-0.2, -0.15) is 0 Å². The Bertz CT molecular complexity index is 448. The lowest BCUT2D eigenvalue weighted by Crippen LogP contribution is -2.56. The van der Waals surface area contributed by atoms with Crippen LogP contribution in [0.2, 0.25) is 0 Å². The number of thiophene rings is 1. The summed E-state index contributed by atoms with van der Waals surface area (Å²) in [4.78, 5) is 4.03. The van der Waals surface area contributed by atoms with Gasteiger partial charge in [0.2, 0.25) is 0 Å². The summed E-state index contributed by atoms with van der Waals surface area (Å²) in [6.07, 6.45) is 5.71. The molecule has 1 aromatic heterocycles. The summed E-state index contributed by atoms with van der Waals surface area (Å²) in [5.74, 6) is 0. The number of nitrogens with zero attached hydrogens (tertiary/aromatic N) is 1. The van der Waals surface area contributed by atoms with Crippen LogP contribution in [0.25, 0.3) is 0 Å². The number of fused-ring (bicyclic) bond motifs is 1.